The maximum Gasteiger partial charge on any atom is 0.293 e. The highest BCUT2D eigenvalue weighted by molar-refractivity contribution is 8.18. The normalized spacial score (nSPS) is 15.2. The van der Waals surface area contributed by atoms with Crippen LogP contribution in [0.5, 0.6) is 17.2 Å². The van der Waals surface area contributed by atoms with Crippen LogP contribution in [0.4, 0.5) is 4.79 Å². The average molecular weight is 420 g/mol. The fourth-order valence-corrected chi connectivity index (χ4v) is 3.63. The summed E-state index contributed by atoms with van der Waals surface area (Å²) in [5.41, 5.74) is 0.657. The van der Waals surface area contributed by atoms with Crippen molar-refractivity contribution in [3.8, 4) is 17.2 Å². The Bertz CT molecular complexity index is 913. The van der Waals surface area contributed by atoms with Gasteiger partial charge in [-0.15, -0.1) is 0 Å². The molecule has 0 unspecified atom stereocenters. The minimum Gasteiger partial charge on any atom is -0.493 e. The van der Waals surface area contributed by atoms with Gasteiger partial charge in [0.2, 0.25) is 0 Å². The Morgan fingerprint density at radius 2 is 1.82 bits per heavy atom. The highest BCUT2D eigenvalue weighted by Crippen LogP contribution is 2.37. The summed E-state index contributed by atoms with van der Waals surface area (Å²) < 4.78 is 16.2. The van der Waals surface area contributed by atoms with Crippen molar-refractivity contribution < 1.29 is 23.8 Å². The Morgan fingerprint density at radius 1 is 1.07 bits per heavy atom. The van der Waals surface area contributed by atoms with Crippen molar-refractivity contribution in [3.05, 3.63) is 58.0 Å². The maximum atomic E-state index is 12.6. The first-order valence-corrected chi connectivity index (χ1v) is 9.57. The smallest absolute Gasteiger partial charge is 0.293 e. The van der Waals surface area contributed by atoms with Gasteiger partial charge in [-0.3, -0.25) is 14.5 Å². The molecule has 146 valence electrons. The molecule has 2 aromatic carbocycles. The van der Waals surface area contributed by atoms with Crippen molar-refractivity contribution in [2.75, 3.05) is 27.4 Å². The lowest BCUT2D eigenvalue weighted by atomic mass is 10.1. The second-order valence-electron chi connectivity index (χ2n) is 5.72. The topological polar surface area (TPSA) is 65.1 Å². The molecule has 1 aliphatic heterocycles. The predicted molar refractivity (Wildman–Crippen MR) is 109 cm³/mol. The third-order valence-corrected chi connectivity index (χ3v) is 5.15. The fraction of sp³-hybridized carbons (Fsp3) is 0.200. The van der Waals surface area contributed by atoms with E-state index in [4.69, 9.17) is 25.8 Å². The third-order valence-electron chi connectivity index (χ3n) is 3.99. The van der Waals surface area contributed by atoms with Gasteiger partial charge in [-0.1, -0.05) is 23.7 Å². The minimum atomic E-state index is -0.362. The highest BCUT2D eigenvalue weighted by Gasteiger charge is 2.35. The number of imide groups is 1. The van der Waals surface area contributed by atoms with E-state index >= 15 is 0 Å². The van der Waals surface area contributed by atoms with E-state index in [1.54, 1.807) is 48.5 Å². The first kappa shape index (κ1) is 20.1. The molecular weight excluding hydrogens is 402 g/mol. The number of nitrogens with zero attached hydrogens (tertiary/aromatic N) is 1. The molecule has 1 heterocycles. The molecule has 0 aromatic heterocycles. The van der Waals surface area contributed by atoms with Gasteiger partial charge >= 0.3 is 0 Å². The van der Waals surface area contributed by atoms with Crippen LogP contribution >= 0.6 is 23.4 Å². The number of rotatable bonds is 7. The molecule has 0 saturated carbocycles. The number of hydrogen-bond donors (Lipinski definition) is 0. The predicted octanol–water partition coefficient (Wildman–Crippen LogP) is 4.47. The molecule has 6 nitrogen and oxygen atoms in total. The van der Waals surface area contributed by atoms with Crippen molar-refractivity contribution in [1.82, 2.24) is 4.90 Å². The molecule has 2 amide bonds. The number of halogens is 1. The standard InChI is InChI=1S/C20H18ClNO5S/c1-25-16-5-3-4-13(18(16)26-2)12-17-19(23)22(20(24)28-17)10-11-27-15-8-6-14(21)7-9-15/h3-9,12H,10-11H2,1-2H3/b17-12-. The van der Waals surface area contributed by atoms with E-state index in [0.29, 0.717) is 32.7 Å². The molecule has 1 fully saturated rings. The van der Waals surface area contributed by atoms with Crippen LogP contribution in [-0.4, -0.2) is 43.4 Å². The van der Waals surface area contributed by atoms with E-state index in [1.165, 1.54) is 19.1 Å². The van der Waals surface area contributed by atoms with Gasteiger partial charge in [0.25, 0.3) is 11.1 Å². The fourth-order valence-electron chi connectivity index (χ4n) is 2.65. The van der Waals surface area contributed by atoms with Crippen LogP contribution in [-0.2, 0) is 4.79 Å². The Labute approximate surface area is 172 Å². The molecule has 1 saturated heterocycles. The first-order valence-electron chi connectivity index (χ1n) is 8.38. The molecule has 2 aromatic rings. The van der Waals surface area contributed by atoms with Crippen LogP contribution in [0.15, 0.2) is 47.4 Å². The summed E-state index contributed by atoms with van der Waals surface area (Å²) in [6, 6.07) is 12.2. The maximum absolute atomic E-state index is 12.6. The molecule has 0 spiro atoms. The largest absolute Gasteiger partial charge is 0.493 e. The van der Waals surface area contributed by atoms with E-state index in [2.05, 4.69) is 0 Å². The number of para-hydroxylation sites is 1. The molecule has 8 heteroatoms. The zero-order valence-corrected chi connectivity index (χ0v) is 16.9. The van der Waals surface area contributed by atoms with E-state index in [9.17, 15) is 9.59 Å². The summed E-state index contributed by atoms with van der Waals surface area (Å²) in [4.78, 5) is 26.4. The quantitative estimate of drug-likeness (QED) is 0.617. The van der Waals surface area contributed by atoms with Crippen LogP contribution < -0.4 is 14.2 Å². The van der Waals surface area contributed by atoms with E-state index in [1.807, 2.05) is 0 Å². The molecule has 0 radical (unpaired) electrons. The summed E-state index contributed by atoms with van der Waals surface area (Å²) in [7, 11) is 3.06. The van der Waals surface area contributed by atoms with Gasteiger partial charge in [0.15, 0.2) is 11.5 Å². The number of ether oxygens (including phenoxy) is 3. The highest BCUT2D eigenvalue weighted by atomic mass is 35.5. The minimum absolute atomic E-state index is 0.153. The second kappa shape index (κ2) is 9.03. The third kappa shape index (κ3) is 4.43. The van der Waals surface area contributed by atoms with E-state index in [-0.39, 0.29) is 24.3 Å². The summed E-state index contributed by atoms with van der Waals surface area (Å²) in [5, 5.41) is 0.272. The summed E-state index contributed by atoms with van der Waals surface area (Å²) in [5.74, 6) is 1.31. The number of carbonyl (C=O) groups excluding carboxylic acids is 2. The van der Waals surface area contributed by atoms with Crippen molar-refractivity contribution in [3.63, 3.8) is 0 Å². The molecule has 0 bridgehead atoms. The van der Waals surface area contributed by atoms with E-state index in [0.717, 1.165) is 11.8 Å². The molecular formula is C20H18ClNO5S. The molecule has 0 N–H and O–H groups in total. The summed E-state index contributed by atoms with van der Waals surface area (Å²) in [6.45, 7) is 0.343. The Morgan fingerprint density at radius 3 is 2.50 bits per heavy atom. The molecule has 0 aliphatic carbocycles. The number of benzene rings is 2. The van der Waals surface area contributed by atoms with Gasteiger partial charge in [0.05, 0.1) is 25.7 Å². The van der Waals surface area contributed by atoms with Gasteiger partial charge in [-0.2, -0.15) is 0 Å². The van der Waals surface area contributed by atoms with Crippen LogP contribution in [0.25, 0.3) is 6.08 Å². The monoisotopic (exact) mass is 419 g/mol. The molecule has 0 atom stereocenters. The second-order valence-corrected chi connectivity index (χ2v) is 7.15. The SMILES string of the molecule is COc1cccc(/C=C2\SC(=O)N(CCOc3ccc(Cl)cc3)C2=O)c1OC. The lowest BCUT2D eigenvalue weighted by molar-refractivity contribution is -0.123. The van der Waals surface area contributed by atoms with Crippen molar-refractivity contribution in [2.45, 2.75) is 0 Å². The number of thioether (sulfide) groups is 1. The van der Waals surface area contributed by atoms with Crippen LogP contribution in [0.1, 0.15) is 5.56 Å². The average Bonchev–Trinajstić information content (AvgIpc) is 2.96. The number of methoxy groups -OCH3 is 2. The molecule has 28 heavy (non-hydrogen) atoms. The first-order chi connectivity index (χ1) is 13.5. The van der Waals surface area contributed by atoms with Crippen LogP contribution in [0.3, 0.4) is 0 Å². The summed E-state index contributed by atoms with van der Waals surface area (Å²) in [6.07, 6.45) is 1.63. The van der Waals surface area contributed by atoms with Gasteiger partial charge < -0.3 is 14.2 Å². The number of hydrogen-bond acceptors (Lipinski definition) is 6. The molecule has 1 aliphatic rings. The number of carbonyl (C=O) groups is 2. The Hall–Kier alpha value is -2.64. The van der Waals surface area contributed by atoms with Crippen LogP contribution in [0, 0.1) is 0 Å². The van der Waals surface area contributed by atoms with Gasteiger partial charge in [-0.25, -0.2) is 0 Å². The van der Waals surface area contributed by atoms with Gasteiger partial charge in [0.1, 0.15) is 12.4 Å². The Kier molecular flexibility index (Phi) is 6.49. The zero-order valence-electron chi connectivity index (χ0n) is 15.3. The van der Waals surface area contributed by atoms with Crippen LogP contribution in [0.2, 0.25) is 5.02 Å². The summed E-state index contributed by atoms with van der Waals surface area (Å²) >= 11 is 6.72. The van der Waals surface area contributed by atoms with Gasteiger partial charge in [-0.05, 0) is 48.2 Å². The van der Waals surface area contributed by atoms with E-state index < -0.39 is 0 Å². The lowest BCUT2D eigenvalue weighted by Gasteiger charge is -2.13. The van der Waals surface area contributed by atoms with Crippen molar-refractivity contribution >= 4 is 40.6 Å². The Balaban J connectivity index is 1.69. The number of amides is 2. The lowest BCUT2D eigenvalue weighted by Crippen LogP contribution is -2.32. The van der Waals surface area contributed by atoms with Crippen molar-refractivity contribution in [2.24, 2.45) is 0 Å². The molecule has 3 rings (SSSR count). The zero-order chi connectivity index (χ0) is 20.1. The van der Waals surface area contributed by atoms with Crippen molar-refractivity contribution in [1.29, 1.82) is 0 Å². The van der Waals surface area contributed by atoms with Gasteiger partial charge in [0, 0.05) is 10.6 Å².